The molecule has 1 fully saturated rings. The summed E-state index contributed by atoms with van der Waals surface area (Å²) in [5, 5.41) is 7.14. The lowest BCUT2D eigenvalue weighted by atomic mass is 9.98. The number of piperidine rings is 1. The number of amides is 2. The minimum Gasteiger partial charge on any atom is -0.497 e. The molecule has 0 radical (unpaired) electrons. The zero-order valence-electron chi connectivity index (χ0n) is 17.3. The third kappa shape index (κ3) is 4.45. The van der Waals surface area contributed by atoms with Gasteiger partial charge in [-0.2, -0.15) is 4.98 Å². The number of nitrogens with zero attached hydrogens (tertiary/aromatic N) is 3. The van der Waals surface area contributed by atoms with Crippen LogP contribution in [0, 0.1) is 0 Å². The maximum atomic E-state index is 12.8. The van der Waals surface area contributed by atoms with E-state index in [1.165, 1.54) is 5.56 Å². The first kappa shape index (κ1) is 19.9. The standard InChI is InChI=1S/C23H26N4O3/c1-3-16-7-4-10-19(13-16)24-23(28)27-12-6-9-18(15-27)22-25-21(26-30-22)17-8-5-11-20(14-17)29-2/h4-5,7-8,10-11,13-14,18H,3,6,9,12,15H2,1-2H3,(H,24,28). The average molecular weight is 406 g/mol. The summed E-state index contributed by atoms with van der Waals surface area (Å²) < 4.78 is 10.8. The van der Waals surface area contributed by atoms with E-state index in [0.717, 1.165) is 36.3 Å². The molecule has 1 saturated heterocycles. The molecule has 1 aromatic heterocycles. The lowest BCUT2D eigenvalue weighted by Crippen LogP contribution is -2.41. The lowest BCUT2D eigenvalue weighted by Gasteiger charge is -2.31. The SMILES string of the molecule is CCc1cccc(NC(=O)N2CCCC(c3nc(-c4cccc(OC)c4)no3)C2)c1. The number of urea groups is 1. The highest BCUT2D eigenvalue weighted by atomic mass is 16.5. The van der Waals surface area contributed by atoms with Gasteiger partial charge in [0.2, 0.25) is 11.7 Å². The van der Waals surface area contributed by atoms with E-state index >= 15 is 0 Å². The van der Waals surface area contributed by atoms with Crippen molar-refractivity contribution in [1.82, 2.24) is 15.0 Å². The molecular weight excluding hydrogens is 380 g/mol. The van der Waals surface area contributed by atoms with Crippen LogP contribution < -0.4 is 10.1 Å². The number of rotatable bonds is 5. The summed E-state index contributed by atoms with van der Waals surface area (Å²) in [6, 6.07) is 15.4. The Morgan fingerprint density at radius 3 is 2.97 bits per heavy atom. The number of aryl methyl sites for hydroxylation is 1. The number of hydrogen-bond acceptors (Lipinski definition) is 5. The maximum absolute atomic E-state index is 12.8. The summed E-state index contributed by atoms with van der Waals surface area (Å²) in [5.74, 6) is 1.87. The molecular formula is C23H26N4O3. The third-order valence-electron chi connectivity index (χ3n) is 5.41. The Bertz CT molecular complexity index is 1020. The van der Waals surface area contributed by atoms with Crippen LogP contribution >= 0.6 is 0 Å². The Morgan fingerprint density at radius 1 is 1.27 bits per heavy atom. The number of methoxy groups -OCH3 is 1. The number of ether oxygens (including phenoxy) is 1. The summed E-state index contributed by atoms with van der Waals surface area (Å²) >= 11 is 0. The van der Waals surface area contributed by atoms with Crippen molar-refractivity contribution in [2.75, 3.05) is 25.5 Å². The Balaban J connectivity index is 1.43. The number of likely N-dealkylation sites (tertiary alicyclic amines) is 1. The van der Waals surface area contributed by atoms with E-state index in [9.17, 15) is 4.79 Å². The van der Waals surface area contributed by atoms with Gasteiger partial charge in [-0.3, -0.25) is 0 Å². The molecule has 0 bridgehead atoms. The molecule has 1 unspecified atom stereocenters. The van der Waals surface area contributed by atoms with Crippen LogP contribution in [0.4, 0.5) is 10.5 Å². The predicted molar refractivity (Wildman–Crippen MR) is 115 cm³/mol. The first-order chi connectivity index (χ1) is 14.7. The number of nitrogens with one attached hydrogen (secondary N) is 1. The number of anilines is 1. The quantitative estimate of drug-likeness (QED) is 0.663. The van der Waals surface area contributed by atoms with Gasteiger partial charge >= 0.3 is 6.03 Å². The fourth-order valence-corrected chi connectivity index (χ4v) is 3.72. The zero-order valence-corrected chi connectivity index (χ0v) is 17.3. The van der Waals surface area contributed by atoms with Crippen LogP contribution in [0.3, 0.4) is 0 Å². The molecule has 2 heterocycles. The minimum atomic E-state index is -0.0968. The van der Waals surface area contributed by atoms with Crippen molar-refractivity contribution in [1.29, 1.82) is 0 Å². The van der Waals surface area contributed by atoms with Crippen molar-refractivity contribution >= 4 is 11.7 Å². The Labute approximate surface area is 176 Å². The van der Waals surface area contributed by atoms with Gasteiger partial charge in [-0.15, -0.1) is 0 Å². The van der Waals surface area contributed by atoms with Crippen molar-refractivity contribution in [2.24, 2.45) is 0 Å². The predicted octanol–water partition coefficient (Wildman–Crippen LogP) is 4.72. The molecule has 0 spiro atoms. The van der Waals surface area contributed by atoms with Crippen LogP contribution in [0.2, 0.25) is 0 Å². The highest BCUT2D eigenvalue weighted by Gasteiger charge is 2.29. The van der Waals surface area contributed by atoms with Crippen molar-refractivity contribution < 1.29 is 14.1 Å². The van der Waals surface area contributed by atoms with Crippen LogP contribution in [-0.4, -0.2) is 41.3 Å². The van der Waals surface area contributed by atoms with Gasteiger partial charge < -0.3 is 19.5 Å². The first-order valence-electron chi connectivity index (χ1n) is 10.3. The van der Waals surface area contributed by atoms with E-state index in [4.69, 9.17) is 9.26 Å². The van der Waals surface area contributed by atoms with Crippen LogP contribution in [-0.2, 0) is 6.42 Å². The summed E-state index contributed by atoms with van der Waals surface area (Å²) in [4.78, 5) is 19.2. The van der Waals surface area contributed by atoms with Gasteiger partial charge in [-0.25, -0.2) is 4.79 Å². The highest BCUT2D eigenvalue weighted by Crippen LogP contribution is 2.29. The van der Waals surface area contributed by atoms with Gasteiger partial charge in [0.15, 0.2) is 0 Å². The second kappa shape index (κ2) is 8.98. The molecule has 0 saturated carbocycles. The Morgan fingerprint density at radius 2 is 2.13 bits per heavy atom. The van der Waals surface area contributed by atoms with E-state index < -0.39 is 0 Å². The van der Waals surface area contributed by atoms with Crippen molar-refractivity contribution in [3.63, 3.8) is 0 Å². The molecule has 1 N–H and O–H groups in total. The normalized spacial score (nSPS) is 16.3. The summed E-state index contributed by atoms with van der Waals surface area (Å²) in [7, 11) is 1.63. The fraction of sp³-hybridized carbons (Fsp3) is 0.348. The minimum absolute atomic E-state index is 0.0262. The van der Waals surface area contributed by atoms with Crippen LogP contribution in [0.1, 0.15) is 37.1 Å². The molecule has 0 aliphatic carbocycles. The van der Waals surface area contributed by atoms with Crippen LogP contribution in [0.25, 0.3) is 11.4 Å². The Hall–Kier alpha value is -3.35. The molecule has 2 amide bonds. The molecule has 30 heavy (non-hydrogen) atoms. The zero-order chi connectivity index (χ0) is 20.9. The number of hydrogen-bond donors (Lipinski definition) is 1. The second-order valence-electron chi connectivity index (χ2n) is 7.46. The number of carbonyl (C=O) groups is 1. The highest BCUT2D eigenvalue weighted by molar-refractivity contribution is 5.89. The molecule has 7 nitrogen and oxygen atoms in total. The second-order valence-corrected chi connectivity index (χ2v) is 7.46. The molecule has 3 aromatic rings. The Kier molecular flexibility index (Phi) is 5.97. The number of aromatic nitrogens is 2. The van der Waals surface area contributed by atoms with E-state index in [0.29, 0.717) is 24.8 Å². The molecule has 1 aliphatic rings. The molecule has 156 valence electrons. The van der Waals surface area contributed by atoms with Gasteiger partial charge in [0.05, 0.1) is 13.0 Å². The molecule has 1 aliphatic heterocycles. The van der Waals surface area contributed by atoms with Gasteiger partial charge in [0.25, 0.3) is 0 Å². The molecule has 1 atom stereocenters. The average Bonchev–Trinajstić information content (AvgIpc) is 3.30. The monoisotopic (exact) mass is 406 g/mol. The summed E-state index contributed by atoms with van der Waals surface area (Å²) in [6.07, 6.45) is 2.74. The lowest BCUT2D eigenvalue weighted by molar-refractivity contribution is 0.184. The van der Waals surface area contributed by atoms with Gasteiger partial charge in [0, 0.05) is 24.3 Å². The van der Waals surface area contributed by atoms with E-state index in [-0.39, 0.29) is 11.9 Å². The molecule has 7 heteroatoms. The van der Waals surface area contributed by atoms with Crippen molar-refractivity contribution in [2.45, 2.75) is 32.1 Å². The van der Waals surface area contributed by atoms with Crippen molar-refractivity contribution in [3.05, 3.63) is 60.0 Å². The van der Waals surface area contributed by atoms with E-state index in [1.54, 1.807) is 7.11 Å². The molecule has 4 rings (SSSR count). The smallest absolute Gasteiger partial charge is 0.321 e. The fourth-order valence-electron chi connectivity index (χ4n) is 3.72. The summed E-state index contributed by atoms with van der Waals surface area (Å²) in [5.41, 5.74) is 2.85. The van der Waals surface area contributed by atoms with Crippen LogP contribution in [0.5, 0.6) is 5.75 Å². The van der Waals surface area contributed by atoms with Gasteiger partial charge in [0.1, 0.15) is 5.75 Å². The van der Waals surface area contributed by atoms with E-state index in [2.05, 4.69) is 28.4 Å². The summed E-state index contributed by atoms with van der Waals surface area (Å²) in [6.45, 7) is 3.37. The van der Waals surface area contributed by atoms with Gasteiger partial charge in [-0.05, 0) is 49.1 Å². The largest absolute Gasteiger partial charge is 0.497 e. The van der Waals surface area contributed by atoms with Crippen molar-refractivity contribution in [3.8, 4) is 17.1 Å². The number of carbonyl (C=O) groups excluding carboxylic acids is 1. The topological polar surface area (TPSA) is 80.5 Å². The first-order valence-corrected chi connectivity index (χ1v) is 10.3. The third-order valence-corrected chi connectivity index (χ3v) is 5.41. The molecule has 2 aromatic carbocycles. The van der Waals surface area contributed by atoms with Gasteiger partial charge in [-0.1, -0.05) is 36.3 Å². The number of benzene rings is 2. The van der Waals surface area contributed by atoms with Crippen LogP contribution in [0.15, 0.2) is 53.1 Å². The maximum Gasteiger partial charge on any atom is 0.321 e. The van der Waals surface area contributed by atoms with E-state index in [1.807, 2.05) is 47.4 Å².